The van der Waals surface area contributed by atoms with Crippen LogP contribution < -0.4 is 5.32 Å². The number of nitrogens with one attached hydrogen (secondary N) is 1. The largest absolute Gasteiger partial charge is 0.360 e. The third-order valence-electron chi connectivity index (χ3n) is 3.91. The van der Waals surface area contributed by atoms with E-state index in [1.807, 2.05) is 24.4 Å². The van der Waals surface area contributed by atoms with Crippen molar-refractivity contribution in [2.75, 3.05) is 23.9 Å². The van der Waals surface area contributed by atoms with E-state index in [4.69, 9.17) is 4.52 Å². The highest BCUT2D eigenvalue weighted by Gasteiger charge is 2.17. The Morgan fingerprint density at radius 2 is 2.11 bits per heavy atom. The predicted octanol–water partition coefficient (Wildman–Crippen LogP) is 2.64. The maximum Gasteiger partial charge on any atom is 0.235 e. The third kappa shape index (κ3) is 4.69. The summed E-state index contributed by atoms with van der Waals surface area (Å²) in [6.45, 7) is 6.22. The van der Waals surface area contributed by atoms with Crippen LogP contribution in [0.3, 0.4) is 0 Å². The minimum absolute atomic E-state index is 0.0358. The Morgan fingerprint density at radius 3 is 2.81 bits per heavy atom. The normalized spacial score (nSPS) is 11.1. The van der Waals surface area contributed by atoms with Gasteiger partial charge in [-0.3, -0.25) is 14.0 Å². The summed E-state index contributed by atoms with van der Waals surface area (Å²) in [7, 11) is 1.76. The molecule has 0 atom stereocenters. The van der Waals surface area contributed by atoms with Crippen molar-refractivity contribution in [2.45, 2.75) is 27.3 Å². The van der Waals surface area contributed by atoms with Crippen LogP contribution in [0.25, 0.3) is 4.96 Å². The van der Waals surface area contributed by atoms with Crippen LogP contribution in [-0.2, 0) is 16.1 Å². The van der Waals surface area contributed by atoms with Gasteiger partial charge in [0.05, 0.1) is 29.4 Å². The number of thiazole rings is 1. The maximum absolute atomic E-state index is 12.4. The van der Waals surface area contributed by atoms with E-state index in [2.05, 4.69) is 15.5 Å². The topological polar surface area (TPSA) is 92.7 Å². The van der Waals surface area contributed by atoms with Gasteiger partial charge >= 0.3 is 0 Å². The number of hydrogen-bond acceptors (Lipinski definition) is 7. The van der Waals surface area contributed by atoms with Gasteiger partial charge in [-0.15, -0.1) is 23.1 Å². The average Bonchev–Trinajstić information content (AvgIpc) is 3.24. The molecule has 0 bridgehead atoms. The molecule has 2 amide bonds. The smallest absolute Gasteiger partial charge is 0.235 e. The van der Waals surface area contributed by atoms with Gasteiger partial charge in [0.25, 0.3) is 0 Å². The fourth-order valence-electron chi connectivity index (χ4n) is 2.56. The van der Waals surface area contributed by atoms with Gasteiger partial charge in [-0.1, -0.05) is 5.16 Å². The molecular weight excluding hydrogens is 386 g/mol. The second kappa shape index (κ2) is 8.13. The summed E-state index contributed by atoms with van der Waals surface area (Å²) >= 11 is 2.90. The van der Waals surface area contributed by atoms with Gasteiger partial charge in [0.1, 0.15) is 5.76 Å². The van der Waals surface area contributed by atoms with Crippen molar-refractivity contribution in [1.82, 2.24) is 19.4 Å². The highest BCUT2D eigenvalue weighted by Crippen LogP contribution is 2.21. The summed E-state index contributed by atoms with van der Waals surface area (Å²) in [5.41, 5.74) is 1.94. The number of carbonyl (C=O) groups excluding carboxylic acids is 2. The minimum Gasteiger partial charge on any atom is -0.360 e. The molecule has 0 aliphatic carbocycles. The number of aromatic nitrogens is 3. The van der Waals surface area contributed by atoms with E-state index in [0.29, 0.717) is 18.1 Å². The molecule has 1 N–H and O–H groups in total. The summed E-state index contributed by atoms with van der Waals surface area (Å²) in [6, 6.07) is 1.64. The zero-order valence-electron chi connectivity index (χ0n) is 15.6. The number of fused-ring (bicyclic) bond motifs is 1. The predicted molar refractivity (Wildman–Crippen MR) is 106 cm³/mol. The lowest BCUT2D eigenvalue weighted by Gasteiger charge is -2.17. The number of thioether (sulfide) groups is 1. The third-order valence-corrected chi connectivity index (χ3v) is 5.72. The Morgan fingerprint density at radius 1 is 1.33 bits per heavy atom. The number of carbonyl (C=O) groups is 2. The Labute approximate surface area is 164 Å². The van der Waals surface area contributed by atoms with Gasteiger partial charge in [0, 0.05) is 24.2 Å². The van der Waals surface area contributed by atoms with Crippen LogP contribution in [0.2, 0.25) is 0 Å². The molecule has 10 heteroatoms. The first-order chi connectivity index (χ1) is 12.8. The summed E-state index contributed by atoms with van der Waals surface area (Å²) < 4.78 is 6.93. The molecule has 0 radical (unpaired) electrons. The first-order valence-electron chi connectivity index (χ1n) is 8.32. The van der Waals surface area contributed by atoms with Gasteiger partial charge in [-0.25, -0.2) is 4.98 Å². The quantitative estimate of drug-likeness (QED) is 0.647. The molecule has 0 aliphatic heterocycles. The summed E-state index contributed by atoms with van der Waals surface area (Å²) in [6.07, 6.45) is 2.04. The van der Waals surface area contributed by atoms with E-state index < -0.39 is 0 Å². The van der Waals surface area contributed by atoms with Gasteiger partial charge in [-0.2, -0.15) is 0 Å². The number of nitrogens with zero attached hydrogens (tertiary/aromatic N) is 4. The Bertz CT molecular complexity index is 975. The zero-order chi connectivity index (χ0) is 19.6. The number of anilines is 1. The second-order valence-corrected chi connectivity index (χ2v) is 8.45. The molecule has 144 valence electrons. The molecule has 3 heterocycles. The molecule has 27 heavy (non-hydrogen) atoms. The van der Waals surface area contributed by atoms with Crippen LogP contribution in [0.4, 0.5) is 5.82 Å². The number of imidazole rings is 1. The first-order valence-corrected chi connectivity index (χ1v) is 10.3. The average molecular weight is 408 g/mol. The lowest BCUT2D eigenvalue weighted by atomic mass is 10.3. The van der Waals surface area contributed by atoms with Crippen LogP contribution in [-0.4, -0.2) is 49.8 Å². The number of amides is 2. The standard InChI is InChI=1S/C17H21N5O3S2/c1-10-5-14(20-25-10)19-15(23)8-26-9-16(24)21(4)7-13-12(3)18-17-22(13)6-11(2)27-17/h5-6H,7-9H2,1-4H3,(H,19,20,23). The molecular formula is C17H21N5O3S2. The summed E-state index contributed by atoms with van der Waals surface area (Å²) in [5, 5.41) is 6.34. The molecule has 0 fully saturated rings. The monoisotopic (exact) mass is 407 g/mol. The highest BCUT2D eigenvalue weighted by molar-refractivity contribution is 8.00. The van der Waals surface area contributed by atoms with E-state index in [9.17, 15) is 9.59 Å². The Hall–Kier alpha value is -2.33. The van der Waals surface area contributed by atoms with E-state index in [1.54, 1.807) is 36.3 Å². The van der Waals surface area contributed by atoms with Crippen molar-refractivity contribution in [3.8, 4) is 0 Å². The van der Waals surface area contributed by atoms with Crippen LogP contribution in [0, 0.1) is 20.8 Å². The number of aryl methyl sites for hydroxylation is 3. The van der Waals surface area contributed by atoms with Crippen LogP contribution >= 0.6 is 23.1 Å². The van der Waals surface area contributed by atoms with Gasteiger partial charge in [-0.05, 0) is 20.8 Å². The zero-order valence-corrected chi connectivity index (χ0v) is 17.2. The molecule has 0 aromatic carbocycles. The molecule has 3 aromatic rings. The van der Waals surface area contributed by atoms with E-state index in [0.717, 1.165) is 16.3 Å². The summed E-state index contributed by atoms with van der Waals surface area (Å²) in [5.74, 6) is 1.15. The lowest BCUT2D eigenvalue weighted by Crippen LogP contribution is -2.29. The minimum atomic E-state index is -0.217. The van der Waals surface area contributed by atoms with Gasteiger partial charge in [0.2, 0.25) is 11.8 Å². The Kier molecular flexibility index (Phi) is 5.85. The molecule has 3 rings (SSSR count). The van der Waals surface area contributed by atoms with Crippen LogP contribution in [0.5, 0.6) is 0 Å². The van der Waals surface area contributed by atoms with E-state index in [1.165, 1.54) is 16.6 Å². The molecule has 0 saturated heterocycles. The highest BCUT2D eigenvalue weighted by atomic mass is 32.2. The fourth-order valence-corrected chi connectivity index (χ4v) is 4.20. The van der Waals surface area contributed by atoms with E-state index >= 15 is 0 Å². The van der Waals surface area contributed by atoms with Crippen molar-refractivity contribution in [3.63, 3.8) is 0 Å². The van der Waals surface area contributed by atoms with Crippen LogP contribution in [0.15, 0.2) is 16.8 Å². The first kappa shape index (κ1) is 19.4. The van der Waals surface area contributed by atoms with Crippen molar-refractivity contribution >= 4 is 45.7 Å². The van der Waals surface area contributed by atoms with Gasteiger partial charge < -0.3 is 14.7 Å². The molecule has 0 saturated carbocycles. The van der Waals surface area contributed by atoms with Crippen molar-refractivity contribution in [3.05, 3.63) is 34.3 Å². The molecule has 0 unspecified atom stereocenters. The van der Waals surface area contributed by atoms with Crippen molar-refractivity contribution in [1.29, 1.82) is 0 Å². The molecule has 0 aliphatic rings. The maximum atomic E-state index is 12.4. The second-order valence-electron chi connectivity index (χ2n) is 6.25. The number of rotatable bonds is 7. The fraction of sp³-hybridized carbons (Fsp3) is 0.412. The Balaban J connectivity index is 1.48. The van der Waals surface area contributed by atoms with Gasteiger partial charge in [0.15, 0.2) is 10.8 Å². The van der Waals surface area contributed by atoms with Crippen LogP contribution in [0.1, 0.15) is 22.0 Å². The lowest BCUT2D eigenvalue weighted by molar-refractivity contribution is -0.127. The van der Waals surface area contributed by atoms with E-state index in [-0.39, 0.29) is 23.3 Å². The van der Waals surface area contributed by atoms with Crippen molar-refractivity contribution < 1.29 is 14.1 Å². The summed E-state index contributed by atoms with van der Waals surface area (Å²) in [4.78, 5) is 32.6. The molecule has 3 aromatic heterocycles. The molecule has 8 nitrogen and oxygen atoms in total. The molecule has 0 spiro atoms. The van der Waals surface area contributed by atoms with Crippen molar-refractivity contribution in [2.24, 2.45) is 0 Å². The number of hydrogen-bond donors (Lipinski definition) is 1. The SMILES string of the molecule is Cc1cc(NC(=O)CSCC(=O)N(C)Cc2c(C)nc3sc(C)cn23)no1.